The molecule has 0 aromatic carbocycles. The Morgan fingerprint density at radius 3 is 2.90 bits per heavy atom. The SMILES string of the molecule is CC(N)/C=C1/C=CC=CN1. The summed E-state index contributed by atoms with van der Waals surface area (Å²) in [7, 11) is 0. The summed E-state index contributed by atoms with van der Waals surface area (Å²) < 4.78 is 0. The first-order valence-electron chi connectivity index (χ1n) is 3.36. The van der Waals surface area contributed by atoms with E-state index in [4.69, 9.17) is 5.73 Å². The highest BCUT2D eigenvalue weighted by Crippen LogP contribution is 1.98. The minimum absolute atomic E-state index is 0.110. The van der Waals surface area contributed by atoms with Crippen molar-refractivity contribution in [2.24, 2.45) is 5.73 Å². The Hall–Kier alpha value is -1.02. The van der Waals surface area contributed by atoms with Gasteiger partial charge in [-0.15, -0.1) is 0 Å². The Bertz CT molecular complexity index is 187. The second-order valence-corrected chi connectivity index (χ2v) is 2.34. The van der Waals surface area contributed by atoms with Gasteiger partial charge in [0.25, 0.3) is 0 Å². The molecule has 2 heteroatoms. The van der Waals surface area contributed by atoms with E-state index >= 15 is 0 Å². The summed E-state index contributed by atoms with van der Waals surface area (Å²) in [6, 6.07) is 0.110. The molecule has 1 aliphatic heterocycles. The number of rotatable bonds is 1. The van der Waals surface area contributed by atoms with Gasteiger partial charge in [-0.05, 0) is 25.2 Å². The Kier molecular flexibility index (Phi) is 2.29. The van der Waals surface area contributed by atoms with E-state index in [2.05, 4.69) is 5.32 Å². The standard InChI is InChI=1S/C8H12N2/c1-7(9)6-8-4-2-3-5-10-8/h2-7,10H,9H2,1H3/b8-6-. The summed E-state index contributed by atoms with van der Waals surface area (Å²) in [5.41, 5.74) is 6.62. The van der Waals surface area contributed by atoms with Crippen molar-refractivity contribution >= 4 is 0 Å². The number of hydrogen-bond donors (Lipinski definition) is 2. The van der Waals surface area contributed by atoms with E-state index in [1.54, 1.807) is 0 Å². The van der Waals surface area contributed by atoms with Crippen molar-refractivity contribution in [2.45, 2.75) is 13.0 Å². The molecular weight excluding hydrogens is 124 g/mol. The zero-order chi connectivity index (χ0) is 7.40. The summed E-state index contributed by atoms with van der Waals surface area (Å²) in [5, 5.41) is 3.06. The molecule has 0 bridgehead atoms. The molecule has 0 aromatic rings. The lowest BCUT2D eigenvalue weighted by Gasteiger charge is -2.06. The van der Waals surface area contributed by atoms with Crippen LogP contribution in [0.15, 0.2) is 36.2 Å². The van der Waals surface area contributed by atoms with Gasteiger partial charge in [0.15, 0.2) is 0 Å². The second kappa shape index (κ2) is 3.22. The molecule has 1 atom stereocenters. The Balaban J connectivity index is 2.58. The third-order valence-electron chi connectivity index (χ3n) is 1.18. The zero-order valence-corrected chi connectivity index (χ0v) is 6.04. The number of nitrogens with two attached hydrogens (primary N) is 1. The summed E-state index contributed by atoms with van der Waals surface area (Å²) in [4.78, 5) is 0. The molecule has 0 amide bonds. The van der Waals surface area contributed by atoms with Crippen LogP contribution in [0.4, 0.5) is 0 Å². The molecular formula is C8H12N2. The molecule has 0 saturated carbocycles. The van der Waals surface area contributed by atoms with Gasteiger partial charge in [-0.25, -0.2) is 0 Å². The second-order valence-electron chi connectivity index (χ2n) is 2.34. The molecule has 10 heavy (non-hydrogen) atoms. The summed E-state index contributed by atoms with van der Waals surface area (Å²) >= 11 is 0. The van der Waals surface area contributed by atoms with Crippen LogP contribution in [0, 0.1) is 0 Å². The molecule has 0 spiro atoms. The molecule has 1 aliphatic rings. The van der Waals surface area contributed by atoms with Crippen molar-refractivity contribution < 1.29 is 0 Å². The van der Waals surface area contributed by atoms with Crippen LogP contribution in [0.2, 0.25) is 0 Å². The van der Waals surface area contributed by atoms with Gasteiger partial charge in [-0.3, -0.25) is 0 Å². The summed E-state index contributed by atoms with van der Waals surface area (Å²) in [6.07, 6.45) is 9.76. The monoisotopic (exact) mass is 136 g/mol. The van der Waals surface area contributed by atoms with E-state index < -0.39 is 0 Å². The van der Waals surface area contributed by atoms with E-state index in [0.29, 0.717) is 0 Å². The molecule has 1 unspecified atom stereocenters. The predicted octanol–water partition coefficient (Wildman–Crippen LogP) is 0.891. The van der Waals surface area contributed by atoms with Gasteiger partial charge in [0.1, 0.15) is 0 Å². The lowest BCUT2D eigenvalue weighted by molar-refractivity contribution is 0.900. The average Bonchev–Trinajstić information content (AvgIpc) is 1.88. The number of dihydropyridines is 1. The normalized spacial score (nSPS) is 22.8. The van der Waals surface area contributed by atoms with Crippen LogP contribution in [0.25, 0.3) is 0 Å². The molecule has 0 fully saturated rings. The van der Waals surface area contributed by atoms with Crippen molar-refractivity contribution in [3.05, 3.63) is 36.2 Å². The average molecular weight is 136 g/mol. The van der Waals surface area contributed by atoms with Gasteiger partial charge in [0.2, 0.25) is 0 Å². The lowest BCUT2D eigenvalue weighted by Crippen LogP contribution is -2.15. The Morgan fingerprint density at radius 2 is 2.40 bits per heavy atom. The maximum absolute atomic E-state index is 5.55. The minimum atomic E-state index is 0.110. The maximum atomic E-state index is 5.55. The van der Waals surface area contributed by atoms with E-state index in [0.717, 1.165) is 5.70 Å². The van der Waals surface area contributed by atoms with E-state index in [-0.39, 0.29) is 6.04 Å². The molecule has 1 rings (SSSR count). The van der Waals surface area contributed by atoms with Crippen LogP contribution >= 0.6 is 0 Å². The van der Waals surface area contributed by atoms with Crippen molar-refractivity contribution in [1.82, 2.24) is 5.32 Å². The van der Waals surface area contributed by atoms with Crippen LogP contribution in [-0.4, -0.2) is 6.04 Å². The molecule has 0 saturated heterocycles. The Morgan fingerprint density at radius 1 is 1.60 bits per heavy atom. The van der Waals surface area contributed by atoms with Crippen LogP contribution in [-0.2, 0) is 0 Å². The molecule has 2 nitrogen and oxygen atoms in total. The van der Waals surface area contributed by atoms with Crippen molar-refractivity contribution in [2.75, 3.05) is 0 Å². The highest BCUT2D eigenvalue weighted by molar-refractivity contribution is 5.27. The molecule has 0 aromatic heterocycles. The highest BCUT2D eigenvalue weighted by atomic mass is 14.9. The predicted molar refractivity (Wildman–Crippen MR) is 43.1 cm³/mol. The van der Waals surface area contributed by atoms with Crippen LogP contribution in [0.5, 0.6) is 0 Å². The molecule has 3 N–H and O–H groups in total. The quantitative estimate of drug-likeness (QED) is 0.562. The smallest absolute Gasteiger partial charge is 0.0354 e. The Labute approximate surface area is 61.1 Å². The number of hydrogen-bond acceptors (Lipinski definition) is 2. The van der Waals surface area contributed by atoms with E-state index in [9.17, 15) is 0 Å². The molecule has 0 aliphatic carbocycles. The third-order valence-corrected chi connectivity index (χ3v) is 1.18. The number of allylic oxidation sites excluding steroid dienone is 3. The molecule has 0 radical (unpaired) electrons. The first kappa shape index (κ1) is 7.09. The third kappa shape index (κ3) is 2.07. The van der Waals surface area contributed by atoms with E-state index in [1.807, 2.05) is 37.4 Å². The van der Waals surface area contributed by atoms with Crippen molar-refractivity contribution in [3.63, 3.8) is 0 Å². The minimum Gasteiger partial charge on any atom is -0.362 e. The highest BCUT2D eigenvalue weighted by Gasteiger charge is 1.92. The fourth-order valence-electron chi connectivity index (χ4n) is 0.794. The van der Waals surface area contributed by atoms with Gasteiger partial charge in [-0.2, -0.15) is 0 Å². The number of nitrogens with one attached hydrogen (secondary N) is 1. The van der Waals surface area contributed by atoms with E-state index in [1.165, 1.54) is 0 Å². The fraction of sp³-hybridized carbons (Fsp3) is 0.250. The molecule has 54 valence electrons. The summed E-state index contributed by atoms with van der Waals surface area (Å²) in [6.45, 7) is 1.95. The first-order valence-corrected chi connectivity index (χ1v) is 3.36. The van der Waals surface area contributed by atoms with Gasteiger partial charge < -0.3 is 11.1 Å². The summed E-state index contributed by atoms with van der Waals surface area (Å²) in [5.74, 6) is 0. The largest absolute Gasteiger partial charge is 0.362 e. The van der Waals surface area contributed by atoms with Gasteiger partial charge >= 0.3 is 0 Å². The fourth-order valence-corrected chi connectivity index (χ4v) is 0.794. The van der Waals surface area contributed by atoms with Crippen LogP contribution < -0.4 is 11.1 Å². The first-order chi connectivity index (χ1) is 4.79. The van der Waals surface area contributed by atoms with Gasteiger partial charge in [-0.1, -0.05) is 6.08 Å². The van der Waals surface area contributed by atoms with Crippen LogP contribution in [0.3, 0.4) is 0 Å². The van der Waals surface area contributed by atoms with Gasteiger partial charge in [0, 0.05) is 17.9 Å². The van der Waals surface area contributed by atoms with Crippen LogP contribution in [0.1, 0.15) is 6.92 Å². The van der Waals surface area contributed by atoms with Crippen molar-refractivity contribution in [3.8, 4) is 0 Å². The van der Waals surface area contributed by atoms with Crippen molar-refractivity contribution in [1.29, 1.82) is 0 Å². The topological polar surface area (TPSA) is 38.0 Å². The van der Waals surface area contributed by atoms with Gasteiger partial charge in [0.05, 0.1) is 0 Å². The maximum Gasteiger partial charge on any atom is 0.0354 e. The lowest BCUT2D eigenvalue weighted by atomic mass is 10.2. The molecule has 1 heterocycles. The zero-order valence-electron chi connectivity index (χ0n) is 6.04.